The molecule has 0 fully saturated rings. The zero-order chi connectivity index (χ0) is 7.72. The topological polar surface area (TPSA) is 12.9 Å². The summed E-state index contributed by atoms with van der Waals surface area (Å²) in [6, 6.07) is 0. The van der Waals surface area contributed by atoms with Crippen molar-refractivity contribution in [1.82, 2.24) is 4.37 Å². The van der Waals surface area contributed by atoms with Crippen LogP contribution in [0.3, 0.4) is 0 Å². The molecule has 1 nitrogen and oxygen atoms in total. The number of nitrogens with zero attached hydrogens (tertiary/aromatic N) is 1. The quantitative estimate of drug-likeness (QED) is 0.614. The summed E-state index contributed by atoms with van der Waals surface area (Å²) in [6.07, 6.45) is 0. The average Bonchev–Trinajstić information content (AvgIpc) is 2.14. The SMILES string of the molecule is Cc1c(C(C)C)nsc1F. The summed E-state index contributed by atoms with van der Waals surface area (Å²) < 4.78 is 16.6. The van der Waals surface area contributed by atoms with E-state index < -0.39 is 0 Å². The Bertz CT molecular complexity index is 230. The van der Waals surface area contributed by atoms with Crippen molar-refractivity contribution in [3.05, 3.63) is 16.4 Å². The third-order valence-corrected chi connectivity index (χ3v) is 2.20. The van der Waals surface area contributed by atoms with Gasteiger partial charge in [-0.15, -0.1) is 0 Å². The summed E-state index contributed by atoms with van der Waals surface area (Å²) in [7, 11) is 0. The van der Waals surface area contributed by atoms with E-state index in [1.54, 1.807) is 6.92 Å². The standard InChI is InChI=1S/C7H10FNS/c1-4(2)6-5(3)7(8)10-9-6/h4H,1-3H3. The first kappa shape index (κ1) is 7.66. The Balaban J connectivity index is 3.05. The third kappa shape index (κ3) is 1.19. The third-order valence-electron chi connectivity index (χ3n) is 1.45. The van der Waals surface area contributed by atoms with Gasteiger partial charge >= 0.3 is 0 Å². The highest BCUT2D eigenvalue weighted by molar-refractivity contribution is 7.04. The van der Waals surface area contributed by atoms with E-state index in [9.17, 15) is 4.39 Å². The van der Waals surface area contributed by atoms with Crippen LogP contribution in [-0.2, 0) is 0 Å². The van der Waals surface area contributed by atoms with Gasteiger partial charge in [-0.1, -0.05) is 13.8 Å². The summed E-state index contributed by atoms with van der Waals surface area (Å²) in [6.45, 7) is 5.80. The van der Waals surface area contributed by atoms with Crippen molar-refractivity contribution in [2.24, 2.45) is 0 Å². The maximum Gasteiger partial charge on any atom is 0.198 e. The van der Waals surface area contributed by atoms with Crippen LogP contribution in [-0.4, -0.2) is 4.37 Å². The first-order valence-electron chi connectivity index (χ1n) is 3.24. The summed E-state index contributed by atoms with van der Waals surface area (Å²) >= 11 is 0.943. The number of halogens is 1. The Morgan fingerprint density at radius 2 is 2.10 bits per heavy atom. The molecule has 0 aliphatic carbocycles. The van der Waals surface area contributed by atoms with Crippen molar-refractivity contribution in [2.75, 3.05) is 0 Å². The van der Waals surface area contributed by atoms with Crippen molar-refractivity contribution >= 4 is 11.5 Å². The molecule has 1 heterocycles. The predicted molar refractivity (Wildman–Crippen MR) is 40.9 cm³/mol. The number of hydrogen-bond donors (Lipinski definition) is 0. The van der Waals surface area contributed by atoms with E-state index in [0.717, 1.165) is 17.2 Å². The molecule has 0 amide bonds. The van der Waals surface area contributed by atoms with Gasteiger partial charge in [0.1, 0.15) is 0 Å². The molecule has 0 aliphatic heterocycles. The largest absolute Gasteiger partial charge is 0.198 e. The summed E-state index contributed by atoms with van der Waals surface area (Å²) in [5, 5.41) is -0.149. The molecule has 0 radical (unpaired) electrons. The lowest BCUT2D eigenvalue weighted by molar-refractivity contribution is 0.644. The molecule has 1 rings (SSSR count). The van der Waals surface area contributed by atoms with Crippen LogP contribution in [0.5, 0.6) is 0 Å². The lowest BCUT2D eigenvalue weighted by Gasteiger charge is -1.98. The highest BCUT2D eigenvalue weighted by Gasteiger charge is 2.10. The smallest absolute Gasteiger partial charge is 0.194 e. The molecule has 1 aromatic rings. The molecule has 0 spiro atoms. The molecule has 0 aliphatic rings. The van der Waals surface area contributed by atoms with Crippen LogP contribution in [0, 0.1) is 12.1 Å². The molecule has 0 atom stereocenters. The van der Waals surface area contributed by atoms with Gasteiger partial charge in [-0.2, -0.15) is 8.76 Å². The monoisotopic (exact) mass is 159 g/mol. The van der Waals surface area contributed by atoms with Crippen molar-refractivity contribution in [3.63, 3.8) is 0 Å². The minimum absolute atomic E-state index is 0.149. The van der Waals surface area contributed by atoms with Crippen LogP contribution < -0.4 is 0 Å². The van der Waals surface area contributed by atoms with Gasteiger partial charge in [0, 0.05) is 5.56 Å². The minimum Gasteiger partial charge on any atom is -0.194 e. The van der Waals surface area contributed by atoms with E-state index in [0.29, 0.717) is 11.5 Å². The number of hydrogen-bond acceptors (Lipinski definition) is 2. The zero-order valence-corrected chi connectivity index (χ0v) is 7.13. The Hall–Kier alpha value is -0.440. The van der Waals surface area contributed by atoms with Gasteiger partial charge in [-0.05, 0) is 24.4 Å². The molecule has 10 heavy (non-hydrogen) atoms. The van der Waals surface area contributed by atoms with Crippen molar-refractivity contribution < 1.29 is 4.39 Å². The first-order chi connectivity index (χ1) is 4.63. The second-order valence-electron chi connectivity index (χ2n) is 2.62. The number of rotatable bonds is 1. The van der Waals surface area contributed by atoms with Gasteiger partial charge in [-0.25, -0.2) is 0 Å². The lowest BCUT2D eigenvalue weighted by Crippen LogP contribution is -1.89. The fourth-order valence-electron chi connectivity index (χ4n) is 0.865. The maximum atomic E-state index is 12.7. The Morgan fingerprint density at radius 1 is 1.50 bits per heavy atom. The predicted octanol–water partition coefficient (Wildman–Crippen LogP) is 2.71. The molecule has 0 N–H and O–H groups in total. The minimum atomic E-state index is -0.149. The van der Waals surface area contributed by atoms with Crippen molar-refractivity contribution in [1.29, 1.82) is 0 Å². The summed E-state index contributed by atoms with van der Waals surface area (Å²) in [5.41, 5.74) is 1.60. The first-order valence-corrected chi connectivity index (χ1v) is 4.02. The van der Waals surface area contributed by atoms with Crippen LogP contribution in [0.1, 0.15) is 31.0 Å². The van der Waals surface area contributed by atoms with E-state index in [1.807, 2.05) is 13.8 Å². The Morgan fingerprint density at radius 3 is 2.30 bits per heavy atom. The Kier molecular flexibility index (Phi) is 2.04. The van der Waals surface area contributed by atoms with Gasteiger partial charge < -0.3 is 0 Å². The van der Waals surface area contributed by atoms with E-state index in [1.165, 1.54) is 0 Å². The molecule has 3 heteroatoms. The van der Waals surface area contributed by atoms with Crippen molar-refractivity contribution in [2.45, 2.75) is 26.7 Å². The van der Waals surface area contributed by atoms with E-state index in [-0.39, 0.29) is 5.13 Å². The van der Waals surface area contributed by atoms with Crippen LogP contribution in [0.2, 0.25) is 0 Å². The Labute approximate surface area is 64.1 Å². The molecule has 1 aromatic heterocycles. The molecular weight excluding hydrogens is 149 g/mol. The van der Waals surface area contributed by atoms with Crippen LogP contribution >= 0.6 is 11.5 Å². The van der Waals surface area contributed by atoms with Gasteiger partial charge in [0.25, 0.3) is 0 Å². The van der Waals surface area contributed by atoms with E-state index >= 15 is 0 Å². The molecule has 56 valence electrons. The van der Waals surface area contributed by atoms with Gasteiger partial charge in [0.15, 0.2) is 5.13 Å². The van der Waals surface area contributed by atoms with E-state index in [2.05, 4.69) is 4.37 Å². The molecular formula is C7H10FNS. The molecule has 0 unspecified atom stereocenters. The second-order valence-corrected chi connectivity index (χ2v) is 3.34. The summed E-state index contributed by atoms with van der Waals surface area (Å²) in [5.74, 6) is 0.334. The highest BCUT2D eigenvalue weighted by Crippen LogP contribution is 2.22. The van der Waals surface area contributed by atoms with Crippen LogP contribution in [0.15, 0.2) is 0 Å². The average molecular weight is 159 g/mol. The molecule has 0 bridgehead atoms. The van der Waals surface area contributed by atoms with Gasteiger partial charge in [-0.3, -0.25) is 0 Å². The molecule has 0 aromatic carbocycles. The second kappa shape index (κ2) is 2.66. The summed E-state index contributed by atoms with van der Waals surface area (Å²) in [4.78, 5) is 0. The van der Waals surface area contributed by atoms with Crippen molar-refractivity contribution in [3.8, 4) is 0 Å². The fraction of sp³-hybridized carbons (Fsp3) is 0.571. The zero-order valence-electron chi connectivity index (χ0n) is 6.31. The van der Waals surface area contributed by atoms with Gasteiger partial charge in [0.2, 0.25) is 0 Å². The molecule has 0 saturated carbocycles. The van der Waals surface area contributed by atoms with Crippen LogP contribution in [0.4, 0.5) is 4.39 Å². The highest BCUT2D eigenvalue weighted by atomic mass is 32.1. The normalized spacial score (nSPS) is 10.9. The number of aromatic nitrogens is 1. The fourth-order valence-corrected chi connectivity index (χ4v) is 1.63. The van der Waals surface area contributed by atoms with Crippen LogP contribution in [0.25, 0.3) is 0 Å². The lowest BCUT2D eigenvalue weighted by atomic mass is 10.1. The van der Waals surface area contributed by atoms with Gasteiger partial charge in [0.05, 0.1) is 5.69 Å². The molecule has 0 saturated heterocycles. The maximum absolute atomic E-state index is 12.7. The van der Waals surface area contributed by atoms with E-state index in [4.69, 9.17) is 0 Å².